The Balaban J connectivity index is 2.19. The molecule has 7 heteroatoms. The number of carbonyl (C=O) groups excluding carboxylic acids is 2. The van der Waals surface area contributed by atoms with Gasteiger partial charge in [-0.2, -0.15) is 5.10 Å². The molecule has 1 amide bonds. The molecule has 2 N–H and O–H groups in total. The molecule has 0 aliphatic rings. The quantitative estimate of drug-likeness (QED) is 0.726. The van der Waals surface area contributed by atoms with Crippen molar-refractivity contribution in [2.75, 3.05) is 0 Å². The van der Waals surface area contributed by atoms with Crippen molar-refractivity contribution in [2.24, 2.45) is 5.73 Å². The fourth-order valence-corrected chi connectivity index (χ4v) is 2.29. The molecule has 22 heavy (non-hydrogen) atoms. The number of fused-ring (bicyclic) bond motifs is 1. The molecule has 0 aliphatic carbocycles. The first-order chi connectivity index (χ1) is 10.6. The van der Waals surface area contributed by atoms with Gasteiger partial charge in [0, 0.05) is 23.3 Å². The summed E-state index contributed by atoms with van der Waals surface area (Å²) in [6.45, 7) is 1.87. The highest BCUT2D eigenvalue weighted by Crippen LogP contribution is 2.26. The number of aldehydes is 1. The van der Waals surface area contributed by atoms with Crippen LogP contribution in [0.2, 0.25) is 0 Å². The van der Waals surface area contributed by atoms with E-state index in [2.05, 4.69) is 15.1 Å². The molecule has 0 saturated carbocycles. The molecule has 0 aliphatic heterocycles. The van der Waals surface area contributed by atoms with Crippen molar-refractivity contribution in [2.45, 2.75) is 13.5 Å². The van der Waals surface area contributed by atoms with E-state index in [1.165, 1.54) is 4.68 Å². The van der Waals surface area contributed by atoms with Gasteiger partial charge in [0.05, 0.1) is 12.1 Å². The summed E-state index contributed by atoms with van der Waals surface area (Å²) in [5.74, 6) is 0.0495. The molecule has 7 nitrogen and oxygen atoms in total. The van der Waals surface area contributed by atoms with Crippen LogP contribution in [0.1, 0.15) is 16.3 Å². The van der Waals surface area contributed by atoms with Gasteiger partial charge in [-0.1, -0.05) is 6.07 Å². The fourth-order valence-electron chi connectivity index (χ4n) is 2.29. The van der Waals surface area contributed by atoms with Crippen LogP contribution in [0.3, 0.4) is 0 Å². The van der Waals surface area contributed by atoms with E-state index in [0.29, 0.717) is 16.7 Å². The van der Waals surface area contributed by atoms with Crippen LogP contribution in [0.4, 0.5) is 0 Å². The summed E-state index contributed by atoms with van der Waals surface area (Å²) in [6, 6.07) is 5.47. The highest BCUT2D eigenvalue weighted by atomic mass is 16.1. The molecule has 0 fully saturated rings. The Bertz CT molecular complexity index is 868. The molecule has 0 atom stereocenters. The van der Waals surface area contributed by atoms with Crippen LogP contribution in [0.15, 0.2) is 30.6 Å². The van der Waals surface area contributed by atoms with E-state index in [1.54, 1.807) is 24.5 Å². The first kappa shape index (κ1) is 13.9. The average molecular weight is 295 g/mol. The number of rotatable bonds is 4. The lowest BCUT2D eigenvalue weighted by molar-refractivity contribution is -0.108. The van der Waals surface area contributed by atoms with E-state index in [0.717, 1.165) is 17.4 Å². The second-order valence-corrected chi connectivity index (χ2v) is 4.81. The molecular weight excluding hydrogens is 282 g/mol. The smallest absolute Gasteiger partial charge is 0.269 e. The van der Waals surface area contributed by atoms with Crippen LogP contribution < -0.4 is 5.73 Å². The van der Waals surface area contributed by atoms with Gasteiger partial charge >= 0.3 is 0 Å². The van der Waals surface area contributed by atoms with Crippen LogP contribution in [0.25, 0.3) is 22.0 Å². The molecule has 0 bridgehead atoms. The number of benzene rings is 1. The van der Waals surface area contributed by atoms with Gasteiger partial charge in [-0.05, 0) is 24.6 Å². The number of carbonyl (C=O) groups is 2. The molecule has 110 valence electrons. The fraction of sp³-hybridized carbons (Fsp3) is 0.133. The van der Waals surface area contributed by atoms with E-state index in [4.69, 9.17) is 5.73 Å². The van der Waals surface area contributed by atoms with Crippen molar-refractivity contribution < 1.29 is 9.59 Å². The van der Waals surface area contributed by atoms with Gasteiger partial charge in [0.15, 0.2) is 5.69 Å². The molecule has 0 radical (unpaired) electrons. The van der Waals surface area contributed by atoms with Crippen molar-refractivity contribution in [3.8, 4) is 11.1 Å². The average Bonchev–Trinajstić information content (AvgIpc) is 2.87. The molecule has 0 saturated heterocycles. The van der Waals surface area contributed by atoms with Gasteiger partial charge in [-0.25, -0.2) is 9.97 Å². The third-order valence-corrected chi connectivity index (χ3v) is 3.35. The summed E-state index contributed by atoms with van der Waals surface area (Å²) in [5.41, 5.74) is 7.87. The zero-order chi connectivity index (χ0) is 15.7. The second kappa shape index (κ2) is 5.36. The first-order valence-electron chi connectivity index (χ1n) is 6.63. The van der Waals surface area contributed by atoms with E-state index < -0.39 is 5.91 Å². The summed E-state index contributed by atoms with van der Waals surface area (Å²) in [7, 11) is 0. The van der Waals surface area contributed by atoms with Crippen molar-refractivity contribution >= 4 is 23.1 Å². The van der Waals surface area contributed by atoms with Crippen LogP contribution >= 0.6 is 0 Å². The third-order valence-electron chi connectivity index (χ3n) is 3.35. The van der Waals surface area contributed by atoms with E-state index in [-0.39, 0.29) is 12.2 Å². The van der Waals surface area contributed by atoms with Crippen LogP contribution in [-0.2, 0) is 11.3 Å². The summed E-state index contributed by atoms with van der Waals surface area (Å²) in [5, 5.41) is 4.71. The number of amides is 1. The van der Waals surface area contributed by atoms with Gasteiger partial charge in [0.2, 0.25) is 0 Å². The molecule has 0 spiro atoms. The molecule has 0 unspecified atom stereocenters. The van der Waals surface area contributed by atoms with Crippen LogP contribution in [0.5, 0.6) is 0 Å². The first-order valence-corrected chi connectivity index (χ1v) is 6.63. The predicted octanol–water partition coefficient (Wildman–Crippen LogP) is 1.10. The minimum absolute atomic E-state index is 0.0662. The number of hydrogen-bond donors (Lipinski definition) is 1. The highest BCUT2D eigenvalue weighted by molar-refractivity contribution is 6.05. The Labute approximate surface area is 125 Å². The lowest BCUT2D eigenvalue weighted by atomic mass is 10.1. The maximum atomic E-state index is 11.6. The number of primary amides is 1. The minimum atomic E-state index is -0.632. The van der Waals surface area contributed by atoms with Crippen molar-refractivity contribution in [3.05, 3.63) is 42.1 Å². The largest absolute Gasteiger partial charge is 0.364 e. The number of aryl methyl sites for hydroxylation is 1. The monoisotopic (exact) mass is 295 g/mol. The Morgan fingerprint density at radius 1 is 1.27 bits per heavy atom. The molecule has 3 aromatic rings. The van der Waals surface area contributed by atoms with Crippen molar-refractivity contribution in [1.82, 2.24) is 19.7 Å². The van der Waals surface area contributed by atoms with Crippen molar-refractivity contribution in [1.29, 1.82) is 0 Å². The maximum Gasteiger partial charge on any atom is 0.269 e. The Hall–Kier alpha value is -3.09. The number of hydrogen-bond acceptors (Lipinski definition) is 5. The van der Waals surface area contributed by atoms with Crippen LogP contribution in [-0.4, -0.2) is 31.9 Å². The number of nitrogens with zero attached hydrogens (tertiary/aromatic N) is 4. The van der Waals surface area contributed by atoms with Crippen LogP contribution in [0, 0.1) is 6.92 Å². The Kier molecular flexibility index (Phi) is 3.38. The zero-order valence-electron chi connectivity index (χ0n) is 11.9. The summed E-state index contributed by atoms with van der Waals surface area (Å²) >= 11 is 0. The van der Waals surface area contributed by atoms with E-state index >= 15 is 0 Å². The third kappa shape index (κ3) is 2.32. The van der Waals surface area contributed by atoms with Gasteiger partial charge in [0.25, 0.3) is 5.91 Å². The topological polar surface area (TPSA) is 104 Å². The number of aromatic nitrogens is 4. The Morgan fingerprint density at radius 2 is 2.00 bits per heavy atom. The van der Waals surface area contributed by atoms with Crippen molar-refractivity contribution in [3.63, 3.8) is 0 Å². The molecular formula is C15H13N5O2. The zero-order valence-corrected chi connectivity index (χ0v) is 11.9. The second-order valence-electron chi connectivity index (χ2n) is 4.81. The minimum Gasteiger partial charge on any atom is -0.364 e. The summed E-state index contributed by atoms with van der Waals surface area (Å²) < 4.78 is 1.46. The maximum absolute atomic E-state index is 11.6. The van der Waals surface area contributed by atoms with E-state index in [1.807, 2.05) is 13.0 Å². The van der Waals surface area contributed by atoms with Gasteiger partial charge in [-0.3, -0.25) is 9.48 Å². The standard InChI is InChI=1S/C15H13N5O2/c1-9-17-7-11(8-18-9)10-2-3-13-12(6-10)14(15(16)22)19-20(13)4-5-21/h2-3,5-8H,4H2,1H3,(H2,16,22). The van der Waals surface area contributed by atoms with Gasteiger partial charge in [-0.15, -0.1) is 0 Å². The SMILES string of the molecule is Cc1ncc(-c2ccc3c(c2)c(C(N)=O)nn3CC=O)cn1. The lowest BCUT2D eigenvalue weighted by Gasteiger charge is -2.03. The normalized spacial score (nSPS) is 10.8. The molecule has 1 aromatic carbocycles. The highest BCUT2D eigenvalue weighted by Gasteiger charge is 2.15. The van der Waals surface area contributed by atoms with Gasteiger partial charge < -0.3 is 10.5 Å². The van der Waals surface area contributed by atoms with Gasteiger partial charge in [0.1, 0.15) is 12.1 Å². The number of nitrogens with two attached hydrogens (primary N) is 1. The molecule has 2 aromatic heterocycles. The molecule has 3 rings (SSSR count). The Morgan fingerprint density at radius 3 is 2.64 bits per heavy atom. The predicted molar refractivity (Wildman–Crippen MR) is 80.1 cm³/mol. The van der Waals surface area contributed by atoms with E-state index in [9.17, 15) is 9.59 Å². The summed E-state index contributed by atoms with van der Waals surface area (Å²) in [6.07, 6.45) is 4.14. The molecule has 2 heterocycles. The lowest BCUT2D eigenvalue weighted by Crippen LogP contribution is -2.13. The summed E-state index contributed by atoms with van der Waals surface area (Å²) in [4.78, 5) is 30.6.